The molecule has 7 heteroatoms. The number of benzene rings is 2. The molecule has 212 valence electrons. The van der Waals surface area contributed by atoms with Gasteiger partial charge in [-0.25, -0.2) is 0 Å². The lowest BCUT2D eigenvalue weighted by atomic mass is 9.84. The summed E-state index contributed by atoms with van der Waals surface area (Å²) in [6.45, 7) is 9.21. The van der Waals surface area contributed by atoms with Gasteiger partial charge in [0.15, 0.2) is 0 Å². The second-order valence-corrected chi connectivity index (χ2v) is 11.7. The van der Waals surface area contributed by atoms with E-state index in [0.717, 1.165) is 40.1 Å². The third-order valence-corrected chi connectivity index (χ3v) is 7.36. The van der Waals surface area contributed by atoms with Crippen LogP contribution in [0.15, 0.2) is 54.7 Å². The number of pyridine rings is 1. The molecule has 1 aliphatic rings. The van der Waals surface area contributed by atoms with Crippen molar-refractivity contribution in [2.75, 3.05) is 20.6 Å². The predicted molar refractivity (Wildman–Crippen MR) is 161 cm³/mol. The molecule has 1 heterocycles. The van der Waals surface area contributed by atoms with Gasteiger partial charge in [-0.1, -0.05) is 51.8 Å². The molecule has 0 aliphatic heterocycles. The maximum absolute atomic E-state index is 12.8. The highest BCUT2D eigenvalue weighted by Gasteiger charge is 2.20. The zero-order valence-corrected chi connectivity index (χ0v) is 24.6. The molecule has 0 unspecified atom stereocenters. The Bertz CT molecular complexity index is 1330. The van der Waals surface area contributed by atoms with Crippen molar-refractivity contribution in [1.82, 2.24) is 15.2 Å². The van der Waals surface area contributed by atoms with Crippen LogP contribution in [0.2, 0.25) is 0 Å². The maximum Gasteiger partial charge on any atom is 0.253 e. The van der Waals surface area contributed by atoms with Crippen LogP contribution < -0.4 is 11.1 Å². The Hall–Kier alpha value is -4.00. The second kappa shape index (κ2) is 13.4. The lowest BCUT2D eigenvalue weighted by Gasteiger charge is -2.22. The average molecular weight is 543 g/mol. The van der Waals surface area contributed by atoms with E-state index in [9.17, 15) is 9.59 Å². The van der Waals surface area contributed by atoms with Crippen LogP contribution in [0.3, 0.4) is 0 Å². The van der Waals surface area contributed by atoms with E-state index in [0.29, 0.717) is 17.0 Å². The molecule has 0 bridgehead atoms. The summed E-state index contributed by atoms with van der Waals surface area (Å²) in [5, 5.41) is 3.10. The van der Waals surface area contributed by atoms with Crippen LogP contribution in [-0.2, 0) is 10.2 Å². The van der Waals surface area contributed by atoms with Gasteiger partial charge in [-0.2, -0.15) is 0 Å². The molecular formula is C33H42N4O3. The van der Waals surface area contributed by atoms with Gasteiger partial charge in [0.05, 0.1) is 0 Å². The van der Waals surface area contributed by atoms with Gasteiger partial charge in [-0.3, -0.25) is 19.4 Å². The zero-order chi connectivity index (χ0) is 29.4. The lowest BCUT2D eigenvalue weighted by molar-refractivity contribution is -0.106. The smallest absolute Gasteiger partial charge is 0.253 e. The Balaban J connectivity index is 0.00000141. The van der Waals surface area contributed by atoms with Crippen molar-refractivity contribution in [3.8, 4) is 22.3 Å². The van der Waals surface area contributed by atoms with E-state index in [2.05, 4.69) is 48.9 Å². The Morgan fingerprint density at radius 1 is 0.975 bits per heavy atom. The van der Waals surface area contributed by atoms with Gasteiger partial charge in [-0.15, -0.1) is 0 Å². The van der Waals surface area contributed by atoms with Crippen LogP contribution in [0.25, 0.3) is 22.3 Å². The Kier molecular flexibility index (Phi) is 10.2. The number of amides is 3. The highest BCUT2D eigenvalue weighted by atomic mass is 16.2. The molecule has 40 heavy (non-hydrogen) atoms. The predicted octanol–water partition coefficient (Wildman–Crippen LogP) is 5.74. The molecule has 0 spiro atoms. The molecule has 1 saturated carbocycles. The van der Waals surface area contributed by atoms with E-state index in [1.54, 1.807) is 19.0 Å². The van der Waals surface area contributed by atoms with E-state index in [1.807, 2.05) is 49.5 Å². The molecule has 7 nitrogen and oxygen atoms in total. The van der Waals surface area contributed by atoms with Crippen LogP contribution >= 0.6 is 0 Å². The molecule has 1 fully saturated rings. The summed E-state index contributed by atoms with van der Waals surface area (Å²) in [6.07, 6.45) is 7.09. The number of nitrogens with two attached hydrogens (primary N) is 1. The molecule has 4 rings (SSSR count). The fraction of sp³-hybridized carbons (Fsp3) is 0.394. The number of aromatic nitrogens is 1. The third kappa shape index (κ3) is 7.78. The van der Waals surface area contributed by atoms with Gasteiger partial charge in [-0.05, 0) is 78.1 Å². The molecule has 3 N–H and O–H groups in total. The summed E-state index contributed by atoms with van der Waals surface area (Å²) in [7, 11) is 3.55. The quantitative estimate of drug-likeness (QED) is 0.387. The van der Waals surface area contributed by atoms with E-state index in [1.165, 1.54) is 25.7 Å². The number of nitrogens with zero attached hydrogens (tertiary/aromatic N) is 2. The number of nitrogens with one attached hydrogen (secondary N) is 1. The summed E-state index contributed by atoms with van der Waals surface area (Å²) < 4.78 is 0. The van der Waals surface area contributed by atoms with Gasteiger partial charge in [0.25, 0.3) is 11.8 Å². The van der Waals surface area contributed by atoms with Crippen molar-refractivity contribution in [2.45, 2.75) is 58.8 Å². The van der Waals surface area contributed by atoms with Gasteiger partial charge in [0.1, 0.15) is 0 Å². The number of hydrogen-bond acceptors (Lipinski definition) is 4. The summed E-state index contributed by atoms with van der Waals surface area (Å²) in [6, 6.07) is 16.0. The number of aryl methyl sites for hydroxylation is 1. The molecular weight excluding hydrogens is 500 g/mol. The molecule has 3 aromatic rings. The fourth-order valence-corrected chi connectivity index (χ4v) is 4.95. The molecule has 1 aliphatic carbocycles. The monoisotopic (exact) mass is 542 g/mol. The second-order valence-electron chi connectivity index (χ2n) is 11.7. The van der Waals surface area contributed by atoms with E-state index in [-0.39, 0.29) is 23.6 Å². The maximum atomic E-state index is 12.8. The van der Waals surface area contributed by atoms with Crippen molar-refractivity contribution >= 4 is 18.2 Å². The van der Waals surface area contributed by atoms with Gasteiger partial charge in [0.2, 0.25) is 6.41 Å². The van der Waals surface area contributed by atoms with E-state index < -0.39 is 0 Å². The van der Waals surface area contributed by atoms with Crippen molar-refractivity contribution in [2.24, 2.45) is 11.7 Å². The summed E-state index contributed by atoms with van der Waals surface area (Å²) in [5.41, 5.74) is 11.4. The number of carbonyl (C=O) groups excluding carboxylic acids is 3. The fourth-order valence-electron chi connectivity index (χ4n) is 4.95. The standard InChI is InChI=1S/C32H39N3O2.CH3NO/c1-21-29(23-11-13-24(14-12-23)30(36)34-19-22-9-7-8-10-22)18-27(20-33-21)25-15-26(31(37)35(5)6)17-28(16-25)32(2,3)4;2-1-3/h11-18,20,22H,7-10,19H2,1-6H3,(H,34,36);1H,(H2,2,3). The first kappa shape index (κ1) is 30.5. The minimum Gasteiger partial charge on any atom is -0.372 e. The van der Waals surface area contributed by atoms with Crippen molar-refractivity contribution in [3.05, 3.63) is 77.1 Å². The Labute approximate surface area is 238 Å². The molecule has 2 aromatic carbocycles. The zero-order valence-electron chi connectivity index (χ0n) is 24.6. The van der Waals surface area contributed by atoms with Crippen molar-refractivity contribution < 1.29 is 14.4 Å². The van der Waals surface area contributed by atoms with Crippen LogP contribution in [-0.4, -0.2) is 48.7 Å². The first-order valence-electron chi connectivity index (χ1n) is 13.8. The largest absolute Gasteiger partial charge is 0.372 e. The highest BCUT2D eigenvalue weighted by Crippen LogP contribution is 2.33. The van der Waals surface area contributed by atoms with Crippen LogP contribution in [0.5, 0.6) is 0 Å². The Morgan fingerprint density at radius 2 is 1.60 bits per heavy atom. The molecule has 0 saturated heterocycles. The topological polar surface area (TPSA) is 105 Å². The highest BCUT2D eigenvalue weighted by molar-refractivity contribution is 5.96. The lowest BCUT2D eigenvalue weighted by Crippen LogP contribution is -2.28. The molecule has 1 aromatic heterocycles. The van der Waals surface area contributed by atoms with Gasteiger partial charge in [0, 0.05) is 54.8 Å². The number of primary amides is 1. The van der Waals surface area contributed by atoms with Gasteiger partial charge >= 0.3 is 0 Å². The van der Waals surface area contributed by atoms with E-state index in [4.69, 9.17) is 4.79 Å². The number of carbonyl (C=O) groups is 3. The first-order chi connectivity index (χ1) is 18.9. The van der Waals surface area contributed by atoms with Gasteiger partial charge < -0.3 is 16.0 Å². The van der Waals surface area contributed by atoms with Crippen LogP contribution in [0.1, 0.15) is 78.4 Å². The minimum absolute atomic E-state index is 0.0147. The average Bonchev–Trinajstić information content (AvgIpc) is 3.45. The SMILES string of the molecule is Cc1ncc(-c2cc(C(=O)N(C)C)cc(C(C)(C)C)c2)cc1-c1ccc(C(=O)NCC2CCCC2)cc1.NC=O. The minimum atomic E-state index is -0.105. The van der Waals surface area contributed by atoms with E-state index >= 15 is 0 Å². The third-order valence-electron chi connectivity index (χ3n) is 7.36. The van der Waals surface area contributed by atoms with Crippen molar-refractivity contribution in [1.29, 1.82) is 0 Å². The molecule has 0 radical (unpaired) electrons. The summed E-state index contributed by atoms with van der Waals surface area (Å²) >= 11 is 0. The Morgan fingerprint density at radius 3 is 2.17 bits per heavy atom. The number of rotatable bonds is 6. The van der Waals surface area contributed by atoms with Crippen LogP contribution in [0.4, 0.5) is 0 Å². The number of hydrogen-bond donors (Lipinski definition) is 2. The van der Waals surface area contributed by atoms with Crippen molar-refractivity contribution in [3.63, 3.8) is 0 Å². The molecule has 3 amide bonds. The summed E-state index contributed by atoms with van der Waals surface area (Å²) in [5.74, 6) is 0.582. The normalized spacial score (nSPS) is 13.2. The van der Waals surface area contributed by atoms with Crippen LogP contribution in [0, 0.1) is 12.8 Å². The summed E-state index contributed by atoms with van der Waals surface area (Å²) in [4.78, 5) is 40.4. The first-order valence-corrected chi connectivity index (χ1v) is 13.8. The molecule has 0 atom stereocenters.